The maximum absolute atomic E-state index is 13.3. The predicted molar refractivity (Wildman–Crippen MR) is 114 cm³/mol. The summed E-state index contributed by atoms with van der Waals surface area (Å²) in [6, 6.07) is 16.6. The third-order valence-electron chi connectivity index (χ3n) is 5.27. The van der Waals surface area contributed by atoms with Crippen molar-refractivity contribution in [3.63, 3.8) is 0 Å². The summed E-state index contributed by atoms with van der Waals surface area (Å²) in [5, 5.41) is 2.83. The van der Waals surface area contributed by atoms with E-state index in [0.29, 0.717) is 22.8 Å². The highest BCUT2D eigenvalue weighted by Crippen LogP contribution is 2.25. The number of benzene rings is 2. The number of carbonyl (C=O) groups excluding carboxylic acids is 2. The first-order valence-corrected chi connectivity index (χ1v) is 10.0. The Balaban J connectivity index is 1.53. The number of carbonyl (C=O) groups is 2. The third kappa shape index (κ3) is 4.38. The van der Waals surface area contributed by atoms with Gasteiger partial charge in [-0.15, -0.1) is 0 Å². The quantitative estimate of drug-likeness (QED) is 0.645. The average molecular weight is 404 g/mol. The molecule has 0 fully saturated rings. The molecule has 2 aromatic carbocycles. The van der Waals surface area contributed by atoms with Gasteiger partial charge in [-0.3, -0.25) is 9.59 Å². The lowest BCUT2D eigenvalue weighted by Gasteiger charge is -2.22. The van der Waals surface area contributed by atoms with Gasteiger partial charge in [-0.25, -0.2) is 0 Å². The summed E-state index contributed by atoms with van der Waals surface area (Å²) in [5.74, 6) is 0.680. The molecule has 0 aliphatic heterocycles. The van der Waals surface area contributed by atoms with Crippen LogP contribution < -0.4 is 10.1 Å². The van der Waals surface area contributed by atoms with E-state index in [0.717, 1.165) is 19.3 Å². The largest absolute Gasteiger partial charge is 0.495 e. The van der Waals surface area contributed by atoms with Gasteiger partial charge in [-0.1, -0.05) is 18.2 Å². The molecule has 0 spiro atoms. The van der Waals surface area contributed by atoms with Crippen molar-refractivity contribution in [2.75, 3.05) is 19.0 Å². The van der Waals surface area contributed by atoms with Crippen LogP contribution in [-0.2, 0) is 24.2 Å². The number of fused-ring (bicyclic) bond motifs is 1. The number of hydrogen-bond donors (Lipinski definition) is 1. The topological polar surface area (TPSA) is 71.8 Å². The van der Waals surface area contributed by atoms with Crippen molar-refractivity contribution in [3.05, 3.63) is 83.3 Å². The number of amides is 2. The number of furan rings is 1. The molecule has 1 N–H and O–H groups in total. The van der Waals surface area contributed by atoms with E-state index in [4.69, 9.17) is 9.15 Å². The van der Waals surface area contributed by atoms with Crippen LogP contribution in [0.3, 0.4) is 0 Å². The smallest absolute Gasteiger partial charge is 0.254 e. The fourth-order valence-corrected chi connectivity index (χ4v) is 3.79. The molecule has 2 amide bonds. The van der Waals surface area contributed by atoms with E-state index in [9.17, 15) is 9.59 Å². The van der Waals surface area contributed by atoms with Crippen LogP contribution in [0.2, 0.25) is 0 Å². The van der Waals surface area contributed by atoms with Crippen molar-refractivity contribution in [1.82, 2.24) is 4.90 Å². The van der Waals surface area contributed by atoms with Crippen molar-refractivity contribution < 1.29 is 18.7 Å². The summed E-state index contributed by atoms with van der Waals surface area (Å²) < 4.78 is 10.7. The summed E-state index contributed by atoms with van der Waals surface area (Å²) in [5.41, 5.74) is 3.68. The third-order valence-corrected chi connectivity index (χ3v) is 5.27. The van der Waals surface area contributed by atoms with Crippen LogP contribution in [-0.4, -0.2) is 30.4 Å². The molecule has 0 saturated carbocycles. The van der Waals surface area contributed by atoms with Gasteiger partial charge >= 0.3 is 0 Å². The highest BCUT2D eigenvalue weighted by Gasteiger charge is 2.22. The number of ether oxygens (including phenoxy) is 1. The Labute approximate surface area is 175 Å². The van der Waals surface area contributed by atoms with Crippen molar-refractivity contribution in [1.29, 1.82) is 0 Å². The van der Waals surface area contributed by atoms with Gasteiger partial charge in [0, 0.05) is 5.56 Å². The first kappa shape index (κ1) is 19.8. The second kappa shape index (κ2) is 8.86. The first-order chi connectivity index (χ1) is 14.6. The summed E-state index contributed by atoms with van der Waals surface area (Å²) in [6.07, 6.45) is 4.72. The SMILES string of the molecule is COc1ccccc1NC(=O)CN(Cc1ccco1)C(=O)c1ccc2c(c1)CCC2. The number of nitrogens with one attached hydrogen (secondary N) is 1. The fraction of sp³-hybridized carbons (Fsp3) is 0.250. The standard InChI is InChI=1S/C24H24N2O4/c1-29-22-10-3-2-9-21(22)25-23(27)16-26(15-20-8-5-13-30-20)24(28)19-12-11-17-6-4-7-18(17)14-19/h2-3,5,8-14H,4,6-7,15-16H2,1H3,(H,25,27). The Kier molecular flexibility index (Phi) is 5.84. The summed E-state index contributed by atoms with van der Waals surface area (Å²) in [4.78, 5) is 27.5. The van der Waals surface area contributed by atoms with E-state index in [1.165, 1.54) is 16.0 Å². The minimum atomic E-state index is -0.305. The van der Waals surface area contributed by atoms with Crippen molar-refractivity contribution >= 4 is 17.5 Å². The fourth-order valence-electron chi connectivity index (χ4n) is 3.79. The van der Waals surface area contributed by atoms with E-state index in [-0.39, 0.29) is 24.9 Å². The normalized spacial score (nSPS) is 12.3. The molecule has 154 valence electrons. The molecular formula is C24H24N2O4. The highest BCUT2D eigenvalue weighted by atomic mass is 16.5. The molecule has 6 heteroatoms. The van der Waals surface area contributed by atoms with Gasteiger partial charge in [0.1, 0.15) is 18.1 Å². The van der Waals surface area contributed by atoms with Crippen LogP contribution in [0, 0.1) is 0 Å². The second-order valence-corrected chi connectivity index (χ2v) is 7.33. The van der Waals surface area contributed by atoms with Crippen LogP contribution >= 0.6 is 0 Å². The van der Waals surface area contributed by atoms with E-state index >= 15 is 0 Å². The van der Waals surface area contributed by atoms with Crippen LogP contribution in [0.1, 0.15) is 33.7 Å². The van der Waals surface area contributed by atoms with Crippen molar-refractivity contribution in [2.45, 2.75) is 25.8 Å². The van der Waals surface area contributed by atoms with Gasteiger partial charge in [0.2, 0.25) is 5.91 Å². The lowest BCUT2D eigenvalue weighted by atomic mass is 10.1. The number of methoxy groups -OCH3 is 1. The van der Waals surface area contributed by atoms with Crippen LogP contribution in [0.4, 0.5) is 5.69 Å². The average Bonchev–Trinajstić information content (AvgIpc) is 3.44. The molecule has 30 heavy (non-hydrogen) atoms. The van der Waals surface area contributed by atoms with Crippen molar-refractivity contribution in [2.24, 2.45) is 0 Å². The maximum Gasteiger partial charge on any atom is 0.254 e. The zero-order chi connectivity index (χ0) is 20.9. The van der Waals surface area contributed by atoms with E-state index in [1.54, 1.807) is 37.6 Å². The van der Waals surface area contributed by atoms with E-state index < -0.39 is 0 Å². The number of para-hydroxylation sites is 2. The molecule has 3 aromatic rings. The summed E-state index contributed by atoms with van der Waals surface area (Å²) in [6.45, 7) is 0.108. The monoisotopic (exact) mass is 404 g/mol. The van der Waals surface area contributed by atoms with Crippen LogP contribution in [0.15, 0.2) is 65.3 Å². The number of anilines is 1. The van der Waals surface area contributed by atoms with Gasteiger partial charge in [0.15, 0.2) is 0 Å². The molecule has 1 aliphatic rings. The lowest BCUT2D eigenvalue weighted by molar-refractivity contribution is -0.117. The molecule has 0 radical (unpaired) electrons. The molecular weight excluding hydrogens is 380 g/mol. The summed E-state index contributed by atoms with van der Waals surface area (Å²) >= 11 is 0. The lowest BCUT2D eigenvalue weighted by Crippen LogP contribution is -2.37. The molecule has 6 nitrogen and oxygen atoms in total. The summed E-state index contributed by atoms with van der Waals surface area (Å²) in [7, 11) is 1.55. The Bertz CT molecular complexity index is 1040. The van der Waals surface area contributed by atoms with Gasteiger partial charge in [-0.2, -0.15) is 0 Å². The number of nitrogens with zero attached hydrogens (tertiary/aromatic N) is 1. The first-order valence-electron chi connectivity index (χ1n) is 10.0. The van der Waals surface area contributed by atoms with E-state index in [2.05, 4.69) is 5.32 Å². The molecule has 0 unspecified atom stereocenters. The van der Waals surface area contributed by atoms with Gasteiger partial charge in [-0.05, 0) is 66.8 Å². The van der Waals surface area contributed by atoms with Gasteiger partial charge in [0.25, 0.3) is 5.91 Å². The maximum atomic E-state index is 13.3. The molecule has 1 aliphatic carbocycles. The molecule has 0 saturated heterocycles. The molecule has 0 atom stereocenters. The zero-order valence-corrected chi connectivity index (χ0v) is 16.9. The van der Waals surface area contributed by atoms with Crippen LogP contribution in [0.5, 0.6) is 5.75 Å². The Morgan fingerprint density at radius 2 is 1.90 bits per heavy atom. The molecule has 4 rings (SSSR count). The molecule has 1 aromatic heterocycles. The number of hydrogen-bond acceptors (Lipinski definition) is 4. The Hall–Kier alpha value is -3.54. The minimum Gasteiger partial charge on any atom is -0.495 e. The Morgan fingerprint density at radius 1 is 1.07 bits per heavy atom. The van der Waals surface area contributed by atoms with Gasteiger partial charge in [0.05, 0.1) is 25.6 Å². The zero-order valence-electron chi connectivity index (χ0n) is 16.9. The number of rotatable bonds is 7. The second-order valence-electron chi connectivity index (χ2n) is 7.33. The molecule has 1 heterocycles. The minimum absolute atomic E-state index is 0.103. The highest BCUT2D eigenvalue weighted by molar-refractivity contribution is 6.00. The Morgan fingerprint density at radius 3 is 2.70 bits per heavy atom. The van der Waals surface area contributed by atoms with Gasteiger partial charge < -0.3 is 19.4 Å². The molecule has 0 bridgehead atoms. The van der Waals surface area contributed by atoms with E-state index in [1.807, 2.05) is 30.3 Å². The van der Waals surface area contributed by atoms with Crippen molar-refractivity contribution in [3.8, 4) is 5.75 Å². The number of aryl methyl sites for hydroxylation is 2. The van der Waals surface area contributed by atoms with Crippen LogP contribution in [0.25, 0.3) is 0 Å². The predicted octanol–water partition coefficient (Wildman–Crippen LogP) is 4.06.